The molecule has 0 bridgehead atoms. The second-order valence-corrected chi connectivity index (χ2v) is 6.77. The van der Waals surface area contributed by atoms with E-state index in [9.17, 15) is 9.59 Å². The number of rotatable bonds is 14. The summed E-state index contributed by atoms with van der Waals surface area (Å²) in [6, 6.07) is 10.5. The Hall–Kier alpha value is -4.12. The van der Waals surface area contributed by atoms with Crippen molar-refractivity contribution in [1.82, 2.24) is 10.9 Å². The van der Waals surface area contributed by atoms with Gasteiger partial charge < -0.3 is 23.7 Å². The maximum absolute atomic E-state index is 11.8. The summed E-state index contributed by atoms with van der Waals surface area (Å²) in [5, 5.41) is 7.72. The normalized spacial score (nSPS) is 10.9. The summed E-state index contributed by atoms with van der Waals surface area (Å²) in [5.41, 5.74) is 6.05. The smallest absolute Gasteiger partial charge is 0.266 e. The first-order valence-corrected chi connectivity index (χ1v) is 10.8. The van der Waals surface area contributed by atoms with Gasteiger partial charge in [-0.1, -0.05) is 0 Å². The average molecular weight is 487 g/mol. The van der Waals surface area contributed by atoms with Crippen LogP contribution in [0.1, 0.15) is 25.0 Å². The van der Waals surface area contributed by atoms with Crippen molar-refractivity contribution in [3.8, 4) is 23.0 Å². The topological polar surface area (TPSA) is 129 Å². The number of carbonyl (C=O) groups excluding carboxylic acids is 2. The molecule has 35 heavy (non-hydrogen) atoms. The zero-order valence-corrected chi connectivity index (χ0v) is 20.2. The molecule has 2 N–H and O–H groups in total. The van der Waals surface area contributed by atoms with Gasteiger partial charge >= 0.3 is 0 Å². The van der Waals surface area contributed by atoms with Crippen LogP contribution in [-0.2, 0) is 14.3 Å². The molecule has 0 aromatic heterocycles. The Bertz CT molecular complexity index is 959. The van der Waals surface area contributed by atoms with Crippen molar-refractivity contribution in [3.05, 3.63) is 47.5 Å². The molecular formula is C24H30N4O7. The maximum atomic E-state index is 11.8. The lowest BCUT2D eigenvalue weighted by molar-refractivity contribution is -0.130. The van der Waals surface area contributed by atoms with E-state index in [1.54, 1.807) is 36.4 Å². The number of nitrogens with one attached hydrogen (secondary N) is 2. The molecule has 0 saturated heterocycles. The zero-order chi connectivity index (χ0) is 25.5. The molecule has 11 nitrogen and oxygen atoms in total. The fraction of sp³-hybridized carbons (Fsp3) is 0.333. The van der Waals surface area contributed by atoms with Gasteiger partial charge in [0.1, 0.15) is 13.2 Å². The van der Waals surface area contributed by atoms with Crippen LogP contribution >= 0.6 is 0 Å². The third kappa shape index (κ3) is 9.33. The van der Waals surface area contributed by atoms with Crippen molar-refractivity contribution < 1.29 is 33.3 Å². The van der Waals surface area contributed by atoms with Crippen LogP contribution in [0.25, 0.3) is 0 Å². The van der Waals surface area contributed by atoms with Crippen LogP contribution in [0.3, 0.4) is 0 Å². The van der Waals surface area contributed by atoms with Gasteiger partial charge in [0.2, 0.25) is 0 Å². The summed E-state index contributed by atoms with van der Waals surface area (Å²) in [5.74, 6) is 1.31. The predicted molar refractivity (Wildman–Crippen MR) is 131 cm³/mol. The molecule has 188 valence electrons. The van der Waals surface area contributed by atoms with Crippen LogP contribution < -0.4 is 29.8 Å². The number of hydrazone groups is 2. The third-order valence-electron chi connectivity index (χ3n) is 4.25. The van der Waals surface area contributed by atoms with Crippen molar-refractivity contribution in [2.24, 2.45) is 10.2 Å². The van der Waals surface area contributed by atoms with Crippen LogP contribution in [0, 0.1) is 0 Å². The van der Waals surface area contributed by atoms with E-state index in [-0.39, 0.29) is 13.2 Å². The lowest BCUT2D eigenvalue weighted by atomic mass is 10.2. The van der Waals surface area contributed by atoms with E-state index in [2.05, 4.69) is 21.1 Å². The summed E-state index contributed by atoms with van der Waals surface area (Å²) in [6.07, 6.45) is 2.90. The van der Waals surface area contributed by atoms with Gasteiger partial charge in [-0.05, 0) is 61.4 Å². The van der Waals surface area contributed by atoms with Crippen molar-refractivity contribution >= 4 is 24.2 Å². The highest BCUT2D eigenvalue weighted by Crippen LogP contribution is 2.28. The fourth-order valence-corrected chi connectivity index (χ4v) is 2.74. The Labute approximate surface area is 204 Å². The summed E-state index contributed by atoms with van der Waals surface area (Å²) in [6.45, 7) is 4.09. The van der Waals surface area contributed by atoms with Crippen molar-refractivity contribution in [1.29, 1.82) is 0 Å². The third-order valence-corrected chi connectivity index (χ3v) is 4.25. The van der Waals surface area contributed by atoms with Crippen LogP contribution in [0.4, 0.5) is 0 Å². The molecule has 0 radical (unpaired) electrons. The molecular weight excluding hydrogens is 456 g/mol. The van der Waals surface area contributed by atoms with E-state index in [1.165, 1.54) is 26.6 Å². The van der Waals surface area contributed by atoms with Crippen molar-refractivity contribution in [2.75, 3.05) is 40.6 Å². The number of amides is 2. The Morgan fingerprint density at radius 3 is 1.54 bits per heavy atom. The second kappa shape index (κ2) is 14.9. The molecule has 2 aromatic carbocycles. The summed E-state index contributed by atoms with van der Waals surface area (Å²) in [7, 11) is 3.08. The van der Waals surface area contributed by atoms with E-state index in [0.29, 0.717) is 47.3 Å². The number of nitrogens with zero attached hydrogens (tertiary/aromatic N) is 2. The molecule has 0 spiro atoms. The van der Waals surface area contributed by atoms with E-state index in [4.69, 9.17) is 23.7 Å². The number of hydrogen-bond donors (Lipinski definition) is 2. The van der Waals surface area contributed by atoms with Gasteiger partial charge in [0.15, 0.2) is 23.0 Å². The van der Waals surface area contributed by atoms with E-state index in [1.807, 2.05) is 13.8 Å². The Morgan fingerprint density at radius 2 is 1.17 bits per heavy atom. The van der Waals surface area contributed by atoms with Gasteiger partial charge in [0.05, 0.1) is 39.9 Å². The van der Waals surface area contributed by atoms with Crippen LogP contribution in [0.2, 0.25) is 0 Å². The molecule has 0 heterocycles. The lowest BCUT2D eigenvalue weighted by Gasteiger charge is -2.09. The van der Waals surface area contributed by atoms with Gasteiger partial charge in [-0.2, -0.15) is 10.2 Å². The molecule has 0 saturated carbocycles. The lowest BCUT2D eigenvalue weighted by Crippen LogP contribution is -2.28. The van der Waals surface area contributed by atoms with Crippen molar-refractivity contribution in [2.45, 2.75) is 13.8 Å². The van der Waals surface area contributed by atoms with E-state index < -0.39 is 11.8 Å². The minimum Gasteiger partial charge on any atom is -0.493 e. The molecule has 0 atom stereocenters. The Morgan fingerprint density at radius 1 is 0.743 bits per heavy atom. The quantitative estimate of drug-likeness (QED) is 0.309. The van der Waals surface area contributed by atoms with Crippen LogP contribution in [0.5, 0.6) is 23.0 Å². The largest absolute Gasteiger partial charge is 0.493 e. The molecule has 0 aliphatic carbocycles. The molecule has 11 heteroatoms. The summed E-state index contributed by atoms with van der Waals surface area (Å²) < 4.78 is 26.5. The summed E-state index contributed by atoms with van der Waals surface area (Å²) in [4.78, 5) is 23.7. The molecule has 2 rings (SSSR count). The first-order valence-electron chi connectivity index (χ1n) is 10.8. The van der Waals surface area contributed by atoms with Crippen LogP contribution in [0.15, 0.2) is 46.6 Å². The van der Waals surface area contributed by atoms with Crippen molar-refractivity contribution in [3.63, 3.8) is 0 Å². The Balaban J connectivity index is 1.72. The highest BCUT2D eigenvalue weighted by atomic mass is 16.5. The van der Waals surface area contributed by atoms with Gasteiger partial charge in [0.25, 0.3) is 11.8 Å². The Kier molecular flexibility index (Phi) is 11.6. The number of hydrogen-bond acceptors (Lipinski definition) is 9. The fourth-order valence-electron chi connectivity index (χ4n) is 2.74. The summed E-state index contributed by atoms with van der Waals surface area (Å²) >= 11 is 0. The average Bonchev–Trinajstić information content (AvgIpc) is 2.86. The van der Waals surface area contributed by atoms with Gasteiger partial charge in [-0.15, -0.1) is 0 Å². The highest BCUT2D eigenvalue weighted by Gasteiger charge is 2.07. The standard InChI is InChI=1S/C24H30N4O7/c1-5-34-19-9-7-17(11-21(19)31-3)13-25-27-23(29)15-33-16-24(30)28-26-14-18-8-10-20(35-6-2)22(12-18)32-4/h7-14H,5-6,15-16H2,1-4H3,(H,27,29)(H,28,30). The molecule has 2 aromatic rings. The number of carbonyl (C=O) groups is 2. The van der Waals surface area contributed by atoms with Gasteiger partial charge in [-0.3, -0.25) is 9.59 Å². The molecule has 0 unspecified atom stereocenters. The molecule has 0 aliphatic heterocycles. The number of benzene rings is 2. The first kappa shape index (κ1) is 27.1. The SMILES string of the molecule is CCOc1ccc(C=NNC(=O)COCC(=O)NN=Cc2ccc(OCC)c(OC)c2)cc1OC. The zero-order valence-electron chi connectivity index (χ0n) is 20.2. The first-order chi connectivity index (χ1) is 17.0. The maximum Gasteiger partial charge on any atom is 0.266 e. The predicted octanol–water partition coefficient (Wildman–Crippen LogP) is 2.12. The molecule has 0 aliphatic rings. The van der Waals surface area contributed by atoms with Gasteiger partial charge in [0, 0.05) is 0 Å². The van der Waals surface area contributed by atoms with E-state index >= 15 is 0 Å². The minimum absolute atomic E-state index is 0.350. The van der Waals surface area contributed by atoms with Gasteiger partial charge in [-0.25, -0.2) is 10.9 Å². The monoisotopic (exact) mass is 486 g/mol. The van der Waals surface area contributed by atoms with E-state index in [0.717, 1.165) is 0 Å². The molecule has 0 fully saturated rings. The number of methoxy groups -OCH3 is 2. The van der Waals surface area contributed by atoms with Crippen LogP contribution in [-0.4, -0.2) is 64.9 Å². The molecule has 2 amide bonds. The highest BCUT2D eigenvalue weighted by molar-refractivity contribution is 5.85. The minimum atomic E-state index is -0.517. The second-order valence-electron chi connectivity index (χ2n) is 6.77. The number of ether oxygens (including phenoxy) is 5.